The average molecular weight is 369 g/mol. The van der Waals surface area contributed by atoms with Crippen LogP contribution in [0.25, 0.3) is 0 Å². The predicted octanol–water partition coefficient (Wildman–Crippen LogP) is 4.84. The van der Waals surface area contributed by atoms with Crippen LogP contribution in [0.15, 0.2) is 48.5 Å². The van der Waals surface area contributed by atoms with E-state index < -0.39 is 0 Å². The van der Waals surface area contributed by atoms with Gasteiger partial charge in [0.2, 0.25) is 0 Å². The highest BCUT2D eigenvalue weighted by atomic mass is 127. The van der Waals surface area contributed by atoms with Crippen LogP contribution in [0.1, 0.15) is 37.1 Å². The fourth-order valence-corrected chi connectivity index (χ4v) is 2.43. The van der Waals surface area contributed by atoms with Crippen LogP contribution < -0.4 is 5.32 Å². The van der Waals surface area contributed by atoms with Crippen molar-refractivity contribution in [2.24, 2.45) is 0 Å². The third-order valence-electron chi connectivity index (χ3n) is 3.24. The number of hydrogen-bond acceptors (Lipinski definition) is 1. The normalized spacial score (nSPS) is 14.1. The van der Waals surface area contributed by atoms with Crippen LogP contribution in [0.3, 0.4) is 0 Å². The Hall–Kier alpha value is -0.940. The maximum Gasteiger partial charge on any atom is 0.123 e. The lowest BCUT2D eigenvalue weighted by Gasteiger charge is -2.21. The highest BCUT2D eigenvalue weighted by Crippen LogP contribution is 2.20. The molecule has 0 bridgehead atoms. The van der Waals surface area contributed by atoms with E-state index in [4.69, 9.17) is 0 Å². The molecule has 2 aromatic carbocycles. The van der Waals surface area contributed by atoms with Gasteiger partial charge in [-0.05, 0) is 71.8 Å². The van der Waals surface area contributed by atoms with Crippen molar-refractivity contribution in [1.82, 2.24) is 5.32 Å². The SMILES string of the molecule is CC(N[C@H](C)c1ccc(F)cc1)c1ccc(I)cc1. The number of benzene rings is 2. The zero-order chi connectivity index (χ0) is 13.8. The summed E-state index contributed by atoms with van der Waals surface area (Å²) in [6.45, 7) is 4.23. The lowest BCUT2D eigenvalue weighted by Crippen LogP contribution is -2.22. The number of rotatable bonds is 4. The van der Waals surface area contributed by atoms with Crippen LogP contribution in [0, 0.1) is 9.39 Å². The summed E-state index contributed by atoms with van der Waals surface area (Å²) in [4.78, 5) is 0. The molecule has 0 aliphatic rings. The van der Waals surface area contributed by atoms with Crippen LogP contribution >= 0.6 is 22.6 Å². The van der Waals surface area contributed by atoms with Crippen molar-refractivity contribution >= 4 is 22.6 Å². The Morgan fingerprint density at radius 2 is 1.26 bits per heavy atom. The van der Waals surface area contributed by atoms with E-state index in [0.717, 1.165) is 5.56 Å². The van der Waals surface area contributed by atoms with Crippen molar-refractivity contribution in [3.05, 3.63) is 69.0 Å². The lowest BCUT2D eigenvalue weighted by atomic mass is 10.0. The van der Waals surface area contributed by atoms with Crippen LogP contribution in [0.2, 0.25) is 0 Å². The summed E-state index contributed by atoms with van der Waals surface area (Å²) in [7, 11) is 0. The van der Waals surface area contributed by atoms with Crippen molar-refractivity contribution in [3.63, 3.8) is 0 Å². The Balaban J connectivity index is 2.03. The molecule has 0 heterocycles. The standard InChI is InChI=1S/C16H17FIN/c1-11(13-3-7-15(17)8-4-13)19-12(2)14-5-9-16(18)10-6-14/h3-12,19H,1-2H3/t11-,12?/m1/s1. The van der Waals surface area contributed by atoms with E-state index in [9.17, 15) is 4.39 Å². The largest absolute Gasteiger partial charge is 0.304 e. The Kier molecular flexibility index (Phi) is 4.93. The van der Waals surface area contributed by atoms with Gasteiger partial charge in [0, 0.05) is 15.7 Å². The maximum absolute atomic E-state index is 12.9. The topological polar surface area (TPSA) is 12.0 Å². The molecule has 19 heavy (non-hydrogen) atoms. The zero-order valence-corrected chi connectivity index (χ0v) is 13.2. The van der Waals surface area contributed by atoms with Gasteiger partial charge in [0.1, 0.15) is 5.82 Å². The molecule has 100 valence electrons. The molecule has 0 spiro atoms. The molecule has 1 N–H and O–H groups in total. The van der Waals surface area contributed by atoms with Gasteiger partial charge in [-0.15, -0.1) is 0 Å². The third-order valence-corrected chi connectivity index (χ3v) is 3.96. The maximum atomic E-state index is 12.9. The molecule has 0 saturated carbocycles. The average Bonchev–Trinajstić information content (AvgIpc) is 2.40. The van der Waals surface area contributed by atoms with Gasteiger partial charge in [0.15, 0.2) is 0 Å². The number of nitrogens with one attached hydrogen (secondary N) is 1. The fourth-order valence-electron chi connectivity index (χ4n) is 2.07. The quantitative estimate of drug-likeness (QED) is 0.761. The van der Waals surface area contributed by atoms with Crippen molar-refractivity contribution < 1.29 is 4.39 Å². The Labute approximate surface area is 127 Å². The minimum Gasteiger partial charge on any atom is -0.304 e. The van der Waals surface area contributed by atoms with Crippen LogP contribution in [0.5, 0.6) is 0 Å². The molecule has 2 rings (SSSR count). The number of halogens is 2. The summed E-state index contributed by atoms with van der Waals surface area (Å²) in [6, 6.07) is 15.6. The minimum atomic E-state index is -0.193. The highest BCUT2D eigenvalue weighted by Gasteiger charge is 2.11. The molecule has 0 aliphatic heterocycles. The first-order valence-electron chi connectivity index (χ1n) is 6.33. The van der Waals surface area contributed by atoms with Gasteiger partial charge in [-0.3, -0.25) is 0 Å². The summed E-state index contributed by atoms with van der Waals surface area (Å²) in [5, 5.41) is 3.53. The van der Waals surface area contributed by atoms with E-state index in [-0.39, 0.29) is 17.9 Å². The van der Waals surface area contributed by atoms with Gasteiger partial charge in [0.25, 0.3) is 0 Å². The molecule has 1 unspecified atom stereocenters. The Morgan fingerprint density at radius 1 is 0.842 bits per heavy atom. The second-order valence-electron chi connectivity index (χ2n) is 4.71. The van der Waals surface area contributed by atoms with Crippen molar-refractivity contribution in [2.75, 3.05) is 0 Å². The second-order valence-corrected chi connectivity index (χ2v) is 5.96. The van der Waals surface area contributed by atoms with E-state index in [1.165, 1.54) is 21.3 Å². The fraction of sp³-hybridized carbons (Fsp3) is 0.250. The molecule has 3 heteroatoms. The third kappa shape index (κ3) is 4.01. The monoisotopic (exact) mass is 369 g/mol. The number of hydrogen-bond donors (Lipinski definition) is 1. The summed E-state index contributed by atoms with van der Waals surface area (Å²) in [5.74, 6) is -0.193. The molecule has 2 atom stereocenters. The van der Waals surface area contributed by atoms with E-state index in [0.29, 0.717) is 0 Å². The van der Waals surface area contributed by atoms with Crippen LogP contribution in [0.4, 0.5) is 4.39 Å². The summed E-state index contributed by atoms with van der Waals surface area (Å²) in [5.41, 5.74) is 2.35. The Bertz CT molecular complexity index is 472. The minimum absolute atomic E-state index is 0.190. The zero-order valence-electron chi connectivity index (χ0n) is 11.0. The van der Waals surface area contributed by atoms with Gasteiger partial charge in [0.05, 0.1) is 0 Å². The highest BCUT2D eigenvalue weighted by molar-refractivity contribution is 14.1. The molecule has 1 nitrogen and oxygen atoms in total. The molecular formula is C16H17FIN. The first-order valence-corrected chi connectivity index (χ1v) is 7.41. The summed E-state index contributed by atoms with van der Waals surface area (Å²) >= 11 is 2.30. The molecular weight excluding hydrogens is 352 g/mol. The van der Waals surface area contributed by atoms with Gasteiger partial charge in [-0.25, -0.2) is 4.39 Å². The second kappa shape index (κ2) is 6.48. The Morgan fingerprint density at radius 3 is 1.74 bits per heavy atom. The van der Waals surface area contributed by atoms with Crippen molar-refractivity contribution in [3.8, 4) is 0 Å². The molecule has 2 aromatic rings. The first kappa shape index (κ1) is 14.5. The van der Waals surface area contributed by atoms with E-state index in [1.807, 2.05) is 12.1 Å². The summed E-state index contributed by atoms with van der Waals surface area (Å²) < 4.78 is 14.1. The van der Waals surface area contributed by atoms with Gasteiger partial charge >= 0.3 is 0 Å². The van der Waals surface area contributed by atoms with Gasteiger partial charge in [-0.1, -0.05) is 24.3 Å². The van der Waals surface area contributed by atoms with Crippen molar-refractivity contribution in [2.45, 2.75) is 25.9 Å². The van der Waals surface area contributed by atoms with Crippen LogP contribution in [-0.2, 0) is 0 Å². The molecule has 0 radical (unpaired) electrons. The van der Waals surface area contributed by atoms with E-state index in [2.05, 4.69) is 66.0 Å². The smallest absolute Gasteiger partial charge is 0.123 e. The molecule has 0 amide bonds. The molecule has 0 aliphatic carbocycles. The van der Waals surface area contributed by atoms with E-state index >= 15 is 0 Å². The molecule has 0 aromatic heterocycles. The molecule has 0 fully saturated rings. The molecule has 0 saturated heterocycles. The van der Waals surface area contributed by atoms with Crippen molar-refractivity contribution in [1.29, 1.82) is 0 Å². The summed E-state index contributed by atoms with van der Waals surface area (Å²) in [6.07, 6.45) is 0. The van der Waals surface area contributed by atoms with Crippen LogP contribution in [-0.4, -0.2) is 0 Å². The predicted molar refractivity (Wildman–Crippen MR) is 85.5 cm³/mol. The van der Waals surface area contributed by atoms with Gasteiger partial charge in [-0.2, -0.15) is 0 Å². The lowest BCUT2D eigenvalue weighted by molar-refractivity contribution is 0.494. The van der Waals surface area contributed by atoms with Gasteiger partial charge < -0.3 is 5.32 Å². The first-order chi connectivity index (χ1) is 9.06. The van der Waals surface area contributed by atoms with E-state index in [1.54, 1.807) is 0 Å².